The number of benzene rings is 1. The van der Waals surface area contributed by atoms with Gasteiger partial charge < -0.3 is 15.4 Å². The fraction of sp³-hybridized carbons (Fsp3) is 0.600. The number of nitrogens with one attached hydrogen (secondary N) is 2. The highest BCUT2D eigenvalue weighted by Crippen LogP contribution is 2.38. The van der Waals surface area contributed by atoms with E-state index in [0.717, 1.165) is 23.9 Å². The number of para-hydroxylation sites is 1. The standard InChI is InChI=1S/C15H22N2O/c1-18-14-9-5-8-13-15(14)16-10-11-6-3-2-4-7-12(11)17-13/h5,8-9,11-12,16-17H,2-4,6-7,10H2,1H3. The Labute approximate surface area is 109 Å². The largest absolute Gasteiger partial charge is 0.495 e. The molecule has 1 aliphatic heterocycles. The van der Waals surface area contributed by atoms with Crippen LogP contribution in [-0.2, 0) is 0 Å². The van der Waals surface area contributed by atoms with Gasteiger partial charge >= 0.3 is 0 Å². The first-order valence-corrected chi connectivity index (χ1v) is 7.06. The summed E-state index contributed by atoms with van der Waals surface area (Å²) in [5.74, 6) is 1.68. The van der Waals surface area contributed by atoms with Gasteiger partial charge in [0.2, 0.25) is 0 Å². The molecule has 1 aromatic rings. The molecule has 2 atom stereocenters. The summed E-state index contributed by atoms with van der Waals surface area (Å²) in [6, 6.07) is 6.85. The van der Waals surface area contributed by atoms with Crippen molar-refractivity contribution in [1.82, 2.24) is 0 Å². The van der Waals surface area contributed by atoms with Crippen LogP contribution in [0.5, 0.6) is 5.75 Å². The van der Waals surface area contributed by atoms with Gasteiger partial charge in [0.05, 0.1) is 12.8 Å². The zero-order valence-electron chi connectivity index (χ0n) is 11.0. The first-order chi connectivity index (χ1) is 8.88. The van der Waals surface area contributed by atoms with E-state index in [0.29, 0.717) is 6.04 Å². The van der Waals surface area contributed by atoms with Crippen molar-refractivity contribution in [3.63, 3.8) is 0 Å². The monoisotopic (exact) mass is 246 g/mol. The molecule has 0 spiro atoms. The zero-order valence-corrected chi connectivity index (χ0v) is 11.0. The molecular weight excluding hydrogens is 224 g/mol. The molecule has 0 bridgehead atoms. The minimum Gasteiger partial charge on any atom is -0.495 e. The van der Waals surface area contributed by atoms with Crippen LogP contribution in [0.2, 0.25) is 0 Å². The highest BCUT2D eigenvalue weighted by molar-refractivity contribution is 5.76. The lowest BCUT2D eigenvalue weighted by Gasteiger charge is -2.23. The third kappa shape index (κ3) is 2.14. The van der Waals surface area contributed by atoms with Gasteiger partial charge in [0.15, 0.2) is 0 Å². The van der Waals surface area contributed by atoms with E-state index in [2.05, 4.69) is 22.8 Å². The third-order valence-electron chi connectivity index (χ3n) is 4.29. The van der Waals surface area contributed by atoms with Gasteiger partial charge in [-0.05, 0) is 30.9 Å². The first kappa shape index (κ1) is 11.7. The number of rotatable bonds is 1. The molecule has 3 nitrogen and oxygen atoms in total. The van der Waals surface area contributed by atoms with E-state index >= 15 is 0 Å². The lowest BCUT2D eigenvalue weighted by molar-refractivity contribution is 0.416. The van der Waals surface area contributed by atoms with E-state index in [9.17, 15) is 0 Å². The van der Waals surface area contributed by atoms with Crippen LogP contribution in [0, 0.1) is 5.92 Å². The van der Waals surface area contributed by atoms with Gasteiger partial charge in [-0.3, -0.25) is 0 Å². The van der Waals surface area contributed by atoms with Crippen molar-refractivity contribution in [1.29, 1.82) is 0 Å². The second-order valence-corrected chi connectivity index (χ2v) is 5.41. The topological polar surface area (TPSA) is 33.3 Å². The summed E-state index contributed by atoms with van der Waals surface area (Å²) in [6.45, 7) is 1.06. The van der Waals surface area contributed by atoms with Crippen molar-refractivity contribution in [2.45, 2.75) is 38.1 Å². The minimum atomic E-state index is 0.619. The summed E-state index contributed by atoms with van der Waals surface area (Å²) in [6.07, 6.45) is 6.75. The molecule has 18 heavy (non-hydrogen) atoms. The molecule has 0 amide bonds. The van der Waals surface area contributed by atoms with Crippen LogP contribution in [0.1, 0.15) is 32.1 Å². The molecule has 3 heteroatoms. The van der Waals surface area contributed by atoms with Gasteiger partial charge in [-0.15, -0.1) is 0 Å². The van der Waals surface area contributed by atoms with Crippen LogP contribution in [0.4, 0.5) is 11.4 Å². The summed E-state index contributed by atoms with van der Waals surface area (Å²) >= 11 is 0. The molecule has 1 heterocycles. The number of fused-ring (bicyclic) bond motifs is 2. The van der Waals surface area contributed by atoms with Crippen LogP contribution < -0.4 is 15.4 Å². The SMILES string of the molecule is COc1cccc2c1NCC1CCCCCC1N2. The van der Waals surface area contributed by atoms with Crippen molar-refractivity contribution >= 4 is 11.4 Å². The van der Waals surface area contributed by atoms with Gasteiger partial charge in [-0.1, -0.05) is 25.3 Å². The summed E-state index contributed by atoms with van der Waals surface area (Å²) in [5, 5.41) is 7.32. The highest BCUT2D eigenvalue weighted by atomic mass is 16.5. The molecular formula is C15H22N2O. The Morgan fingerprint density at radius 1 is 1.17 bits per heavy atom. The normalized spacial score (nSPS) is 26.7. The lowest BCUT2D eigenvalue weighted by Crippen LogP contribution is -2.30. The predicted molar refractivity (Wildman–Crippen MR) is 75.5 cm³/mol. The van der Waals surface area contributed by atoms with E-state index in [1.165, 1.54) is 37.8 Å². The molecule has 2 unspecified atom stereocenters. The number of anilines is 2. The fourth-order valence-corrected chi connectivity index (χ4v) is 3.26. The van der Waals surface area contributed by atoms with Crippen molar-refractivity contribution in [2.75, 3.05) is 24.3 Å². The molecule has 3 rings (SSSR count). The van der Waals surface area contributed by atoms with Gasteiger partial charge in [-0.2, -0.15) is 0 Å². The number of hydrogen-bond donors (Lipinski definition) is 2. The molecule has 1 aliphatic carbocycles. The minimum absolute atomic E-state index is 0.619. The summed E-state index contributed by atoms with van der Waals surface area (Å²) < 4.78 is 5.44. The van der Waals surface area contributed by atoms with Crippen molar-refractivity contribution in [3.05, 3.63) is 18.2 Å². The molecule has 1 aromatic carbocycles. The molecule has 98 valence electrons. The molecule has 2 N–H and O–H groups in total. The van der Waals surface area contributed by atoms with Crippen LogP contribution in [0.3, 0.4) is 0 Å². The highest BCUT2D eigenvalue weighted by Gasteiger charge is 2.27. The molecule has 1 fully saturated rings. The average Bonchev–Trinajstić information content (AvgIpc) is 2.70. The number of hydrogen-bond acceptors (Lipinski definition) is 3. The van der Waals surface area contributed by atoms with Gasteiger partial charge in [-0.25, -0.2) is 0 Å². The third-order valence-corrected chi connectivity index (χ3v) is 4.29. The van der Waals surface area contributed by atoms with Crippen molar-refractivity contribution in [3.8, 4) is 5.75 Å². The maximum Gasteiger partial charge on any atom is 0.144 e. The number of ether oxygens (including phenoxy) is 1. The maximum absolute atomic E-state index is 5.44. The van der Waals surface area contributed by atoms with Crippen LogP contribution >= 0.6 is 0 Å². The van der Waals surface area contributed by atoms with Crippen LogP contribution in [0.25, 0.3) is 0 Å². The Morgan fingerprint density at radius 2 is 2.06 bits per heavy atom. The van der Waals surface area contributed by atoms with Crippen molar-refractivity contribution in [2.24, 2.45) is 5.92 Å². The number of methoxy groups -OCH3 is 1. The van der Waals surface area contributed by atoms with Crippen LogP contribution in [-0.4, -0.2) is 19.7 Å². The average molecular weight is 246 g/mol. The Balaban J connectivity index is 1.90. The van der Waals surface area contributed by atoms with E-state index in [4.69, 9.17) is 4.74 Å². The fourth-order valence-electron chi connectivity index (χ4n) is 3.26. The maximum atomic E-state index is 5.44. The van der Waals surface area contributed by atoms with Crippen LogP contribution in [0.15, 0.2) is 18.2 Å². The summed E-state index contributed by atoms with van der Waals surface area (Å²) in [7, 11) is 1.74. The Kier molecular flexibility index (Phi) is 3.31. The summed E-state index contributed by atoms with van der Waals surface area (Å²) in [4.78, 5) is 0. The second-order valence-electron chi connectivity index (χ2n) is 5.41. The Bertz CT molecular complexity index is 419. The Hall–Kier alpha value is -1.38. The molecule has 0 aromatic heterocycles. The van der Waals surface area contributed by atoms with E-state index in [-0.39, 0.29) is 0 Å². The molecule has 0 saturated heterocycles. The van der Waals surface area contributed by atoms with E-state index < -0.39 is 0 Å². The smallest absolute Gasteiger partial charge is 0.144 e. The summed E-state index contributed by atoms with van der Waals surface area (Å²) in [5.41, 5.74) is 2.33. The zero-order chi connectivity index (χ0) is 12.4. The van der Waals surface area contributed by atoms with Gasteiger partial charge in [0, 0.05) is 12.6 Å². The molecule has 0 radical (unpaired) electrons. The first-order valence-electron chi connectivity index (χ1n) is 7.06. The van der Waals surface area contributed by atoms with Gasteiger partial charge in [0.25, 0.3) is 0 Å². The van der Waals surface area contributed by atoms with E-state index in [1.807, 2.05) is 6.07 Å². The van der Waals surface area contributed by atoms with Crippen molar-refractivity contribution < 1.29 is 4.74 Å². The lowest BCUT2D eigenvalue weighted by atomic mass is 9.95. The second kappa shape index (κ2) is 5.09. The van der Waals surface area contributed by atoms with Gasteiger partial charge in [0.1, 0.15) is 11.4 Å². The molecule has 1 saturated carbocycles. The quantitative estimate of drug-likeness (QED) is 0.796. The van der Waals surface area contributed by atoms with E-state index in [1.54, 1.807) is 7.11 Å². The predicted octanol–water partition coefficient (Wildman–Crippen LogP) is 3.48. The Morgan fingerprint density at radius 3 is 2.94 bits per heavy atom. The molecule has 2 aliphatic rings.